The Morgan fingerprint density at radius 3 is 2.50 bits per heavy atom. The quantitative estimate of drug-likeness (QED) is 0.682. The lowest BCUT2D eigenvalue weighted by atomic mass is 10.0. The average molecular weight is 350 g/mol. The van der Waals surface area contributed by atoms with Crippen LogP contribution in [0.1, 0.15) is 16.7 Å². The van der Waals surface area contributed by atoms with Crippen molar-refractivity contribution in [3.63, 3.8) is 0 Å². The van der Waals surface area contributed by atoms with Crippen LogP contribution in [0.15, 0.2) is 48.0 Å². The predicted octanol–water partition coefficient (Wildman–Crippen LogP) is 2.98. The van der Waals surface area contributed by atoms with Gasteiger partial charge in [0.05, 0.1) is 12.8 Å². The molecule has 132 valence electrons. The number of nitrogens with zero attached hydrogens (tertiary/aromatic N) is 1. The number of urea groups is 1. The summed E-state index contributed by atoms with van der Waals surface area (Å²) < 4.78 is 5.15. The first kappa shape index (κ1) is 17.4. The van der Waals surface area contributed by atoms with Gasteiger partial charge in [-0.2, -0.15) is 0 Å². The van der Waals surface area contributed by atoms with Gasteiger partial charge < -0.3 is 4.74 Å². The molecule has 0 bridgehead atoms. The highest BCUT2D eigenvalue weighted by atomic mass is 16.5. The molecule has 2 aromatic carbocycles. The number of amides is 4. The number of anilines is 1. The highest BCUT2D eigenvalue weighted by molar-refractivity contribution is 6.39. The van der Waals surface area contributed by atoms with E-state index in [9.17, 15) is 14.4 Å². The molecule has 0 aliphatic carbocycles. The normalized spacial score (nSPS) is 16.0. The third kappa shape index (κ3) is 3.21. The number of hydrogen-bond acceptors (Lipinski definition) is 4. The number of nitrogens with one attached hydrogen (secondary N) is 1. The van der Waals surface area contributed by atoms with E-state index in [1.54, 1.807) is 30.3 Å². The van der Waals surface area contributed by atoms with Crippen LogP contribution < -0.4 is 15.0 Å². The third-order valence-electron chi connectivity index (χ3n) is 4.10. The number of hydrogen-bond donors (Lipinski definition) is 1. The monoisotopic (exact) mass is 350 g/mol. The van der Waals surface area contributed by atoms with E-state index in [0.29, 0.717) is 17.0 Å². The van der Waals surface area contributed by atoms with Crippen LogP contribution in [-0.4, -0.2) is 25.0 Å². The van der Waals surface area contributed by atoms with Crippen molar-refractivity contribution in [3.05, 3.63) is 64.7 Å². The highest BCUT2D eigenvalue weighted by Gasteiger charge is 2.37. The molecule has 0 radical (unpaired) electrons. The SMILES string of the molecule is COc1cccc(/C=C2\C(=O)NC(=O)N(c3ccc(C)cc3C)C2=O)c1. The van der Waals surface area contributed by atoms with Crippen LogP contribution in [0, 0.1) is 13.8 Å². The fraction of sp³-hybridized carbons (Fsp3) is 0.150. The van der Waals surface area contributed by atoms with Gasteiger partial charge in [-0.3, -0.25) is 14.9 Å². The van der Waals surface area contributed by atoms with Crippen molar-refractivity contribution in [2.45, 2.75) is 13.8 Å². The van der Waals surface area contributed by atoms with E-state index in [-0.39, 0.29) is 5.57 Å². The number of methoxy groups -OCH3 is 1. The number of benzene rings is 2. The summed E-state index contributed by atoms with van der Waals surface area (Å²) >= 11 is 0. The van der Waals surface area contributed by atoms with Crippen molar-refractivity contribution in [2.24, 2.45) is 0 Å². The molecule has 2 aromatic rings. The zero-order valence-electron chi connectivity index (χ0n) is 14.7. The Morgan fingerprint density at radius 1 is 1.04 bits per heavy atom. The maximum Gasteiger partial charge on any atom is 0.335 e. The predicted molar refractivity (Wildman–Crippen MR) is 97.9 cm³/mol. The minimum Gasteiger partial charge on any atom is -0.497 e. The lowest BCUT2D eigenvalue weighted by molar-refractivity contribution is -0.122. The van der Waals surface area contributed by atoms with Gasteiger partial charge in [0.1, 0.15) is 11.3 Å². The van der Waals surface area contributed by atoms with E-state index >= 15 is 0 Å². The van der Waals surface area contributed by atoms with Crippen molar-refractivity contribution in [1.29, 1.82) is 0 Å². The minimum absolute atomic E-state index is 0.113. The van der Waals surface area contributed by atoms with Gasteiger partial charge in [-0.1, -0.05) is 29.8 Å². The molecule has 6 nitrogen and oxygen atoms in total. The second-order valence-electron chi connectivity index (χ2n) is 6.02. The summed E-state index contributed by atoms with van der Waals surface area (Å²) in [4.78, 5) is 38.4. The Kier molecular flexibility index (Phi) is 4.58. The maximum atomic E-state index is 12.9. The summed E-state index contributed by atoms with van der Waals surface area (Å²) in [7, 11) is 1.53. The van der Waals surface area contributed by atoms with E-state index in [1.807, 2.05) is 26.0 Å². The first-order valence-corrected chi connectivity index (χ1v) is 8.03. The first-order valence-electron chi connectivity index (χ1n) is 8.03. The first-order chi connectivity index (χ1) is 12.4. The van der Waals surface area contributed by atoms with Crippen LogP contribution in [0.4, 0.5) is 10.5 Å². The van der Waals surface area contributed by atoms with Gasteiger partial charge >= 0.3 is 6.03 Å². The molecule has 0 unspecified atom stereocenters. The summed E-state index contributed by atoms with van der Waals surface area (Å²) in [6.45, 7) is 3.73. The van der Waals surface area contributed by atoms with Crippen LogP contribution in [0.25, 0.3) is 6.08 Å². The van der Waals surface area contributed by atoms with E-state index in [1.165, 1.54) is 13.2 Å². The summed E-state index contributed by atoms with van der Waals surface area (Å²) in [5, 5.41) is 2.23. The molecule has 0 spiro atoms. The molecule has 0 atom stereocenters. The second-order valence-corrected chi connectivity index (χ2v) is 6.02. The van der Waals surface area contributed by atoms with Gasteiger partial charge in [0, 0.05) is 0 Å². The Balaban J connectivity index is 2.04. The topological polar surface area (TPSA) is 75.7 Å². The lowest BCUT2D eigenvalue weighted by Gasteiger charge is -2.27. The van der Waals surface area contributed by atoms with Gasteiger partial charge in [-0.25, -0.2) is 9.69 Å². The maximum absolute atomic E-state index is 12.9. The van der Waals surface area contributed by atoms with E-state index < -0.39 is 17.8 Å². The molecule has 1 fully saturated rings. The van der Waals surface area contributed by atoms with Crippen LogP contribution in [-0.2, 0) is 9.59 Å². The van der Waals surface area contributed by atoms with E-state index in [2.05, 4.69) is 5.32 Å². The van der Waals surface area contributed by atoms with Crippen LogP contribution in [0.2, 0.25) is 0 Å². The zero-order chi connectivity index (χ0) is 18.8. The molecule has 1 N–H and O–H groups in total. The van der Waals surface area contributed by atoms with Gasteiger partial charge in [0.25, 0.3) is 11.8 Å². The van der Waals surface area contributed by atoms with E-state index in [0.717, 1.165) is 16.0 Å². The Hall–Kier alpha value is -3.41. The Labute approximate surface area is 151 Å². The van der Waals surface area contributed by atoms with Gasteiger partial charge in [0.2, 0.25) is 0 Å². The Morgan fingerprint density at radius 2 is 1.81 bits per heavy atom. The molecule has 0 saturated carbocycles. The molecule has 1 saturated heterocycles. The third-order valence-corrected chi connectivity index (χ3v) is 4.10. The molecular weight excluding hydrogens is 332 g/mol. The van der Waals surface area contributed by atoms with E-state index in [4.69, 9.17) is 4.74 Å². The van der Waals surface area contributed by atoms with Crippen LogP contribution in [0.3, 0.4) is 0 Å². The molecule has 3 rings (SSSR count). The molecule has 0 aromatic heterocycles. The summed E-state index contributed by atoms with van der Waals surface area (Å²) in [6.07, 6.45) is 1.45. The summed E-state index contributed by atoms with van der Waals surface area (Å²) in [5.74, 6) is -0.775. The number of rotatable bonds is 3. The number of barbiturate groups is 1. The van der Waals surface area contributed by atoms with Crippen LogP contribution in [0.5, 0.6) is 5.75 Å². The molecule has 26 heavy (non-hydrogen) atoms. The number of ether oxygens (including phenoxy) is 1. The summed E-state index contributed by atoms with van der Waals surface area (Å²) in [6, 6.07) is 11.6. The zero-order valence-corrected chi connectivity index (χ0v) is 14.7. The Bertz CT molecular complexity index is 947. The molecule has 4 amide bonds. The van der Waals surface area contributed by atoms with Crippen molar-refractivity contribution >= 4 is 29.6 Å². The largest absolute Gasteiger partial charge is 0.497 e. The van der Waals surface area contributed by atoms with Crippen molar-refractivity contribution in [1.82, 2.24) is 5.32 Å². The number of aryl methyl sites for hydroxylation is 2. The second kappa shape index (κ2) is 6.84. The molecular formula is C20H18N2O4. The lowest BCUT2D eigenvalue weighted by Crippen LogP contribution is -2.54. The molecule has 1 aliphatic rings. The smallest absolute Gasteiger partial charge is 0.335 e. The van der Waals surface area contributed by atoms with Crippen molar-refractivity contribution in [2.75, 3.05) is 12.0 Å². The fourth-order valence-corrected chi connectivity index (χ4v) is 2.83. The standard InChI is InChI=1S/C20H18N2O4/c1-12-7-8-17(13(2)9-12)22-19(24)16(18(23)21-20(22)25)11-14-5-4-6-15(10-14)26-3/h4-11H,1-3H3,(H,21,23,25)/b16-11+. The number of imide groups is 2. The molecule has 1 heterocycles. The van der Waals surface area contributed by atoms with Gasteiger partial charge in [-0.05, 0) is 49.2 Å². The summed E-state index contributed by atoms with van der Waals surface area (Å²) in [5.41, 5.74) is 2.74. The molecule has 6 heteroatoms. The van der Waals surface area contributed by atoms with Gasteiger partial charge in [-0.15, -0.1) is 0 Å². The van der Waals surface area contributed by atoms with Crippen molar-refractivity contribution < 1.29 is 19.1 Å². The average Bonchev–Trinajstić information content (AvgIpc) is 2.60. The number of carbonyl (C=O) groups excluding carboxylic acids is 3. The number of carbonyl (C=O) groups is 3. The fourth-order valence-electron chi connectivity index (χ4n) is 2.83. The van der Waals surface area contributed by atoms with Gasteiger partial charge in [0.15, 0.2) is 0 Å². The van der Waals surface area contributed by atoms with Crippen molar-refractivity contribution in [3.8, 4) is 5.75 Å². The minimum atomic E-state index is -0.755. The molecule has 1 aliphatic heterocycles. The van der Waals surface area contributed by atoms with Crippen LogP contribution >= 0.6 is 0 Å². The highest BCUT2D eigenvalue weighted by Crippen LogP contribution is 2.26.